The molecule has 1 aromatic carbocycles. The fourth-order valence-corrected chi connectivity index (χ4v) is 2.01. The average molecular weight is 267 g/mol. The number of rotatable bonds is 6. The smallest absolute Gasteiger partial charge is 0.382 e. The quantitative estimate of drug-likeness (QED) is 0.447. The van der Waals surface area contributed by atoms with Gasteiger partial charge in [-0.15, -0.1) is 0 Å². The lowest BCUT2D eigenvalue weighted by Crippen LogP contribution is -2.36. The molecular formula is C13H17NO5. The summed E-state index contributed by atoms with van der Waals surface area (Å²) in [6.07, 6.45) is 0.465. The molecule has 0 aliphatic rings. The molecule has 19 heavy (non-hydrogen) atoms. The Morgan fingerprint density at radius 3 is 2.26 bits per heavy atom. The predicted molar refractivity (Wildman–Crippen MR) is 68.8 cm³/mol. The van der Waals surface area contributed by atoms with Crippen molar-refractivity contribution < 1.29 is 19.2 Å². The van der Waals surface area contributed by atoms with E-state index in [1.807, 2.05) is 0 Å². The van der Waals surface area contributed by atoms with E-state index >= 15 is 0 Å². The second-order valence-electron chi connectivity index (χ2n) is 4.04. The second-order valence-corrected chi connectivity index (χ2v) is 4.04. The maximum Gasteiger partial charge on any atom is 0.382 e. The van der Waals surface area contributed by atoms with Gasteiger partial charge in [-0.05, 0) is 24.1 Å². The molecule has 0 saturated carbocycles. The summed E-state index contributed by atoms with van der Waals surface area (Å²) in [6.45, 7) is 1.80. The van der Waals surface area contributed by atoms with Gasteiger partial charge < -0.3 is 9.47 Å². The van der Waals surface area contributed by atoms with Gasteiger partial charge in [0, 0.05) is 4.92 Å². The van der Waals surface area contributed by atoms with Crippen LogP contribution in [0.15, 0.2) is 24.3 Å². The van der Waals surface area contributed by atoms with E-state index in [1.54, 1.807) is 38.3 Å². The number of carbonyl (C=O) groups is 1. The minimum Gasteiger partial charge on any atom is -0.497 e. The van der Waals surface area contributed by atoms with Gasteiger partial charge in [-0.2, -0.15) is 0 Å². The fraction of sp³-hybridized carbons (Fsp3) is 0.462. The van der Waals surface area contributed by atoms with E-state index in [-0.39, 0.29) is 0 Å². The van der Waals surface area contributed by atoms with Gasteiger partial charge in [0.2, 0.25) is 0 Å². The van der Waals surface area contributed by atoms with Gasteiger partial charge in [-0.1, -0.05) is 19.1 Å². The molecule has 0 aromatic heterocycles. The van der Waals surface area contributed by atoms with Crippen LogP contribution in [0.4, 0.5) is 0 Å². The summed E-state index contributed by atoms with van der Waals surface area (Å²) in [7, 11) is 2.69. The van der Waals surface area contributed by atoms with E-state index in [4.69, 9.17) is 4.74 Å². The van der Waals surface area contributed by atoms with Gasteiger partial charge in [-0.25, -0.2) is 4.79 Å². The predicted octanol–water partition coefficient (Wildman–Crippen LogP) is 2.01. The molecule has 0 radical (unpaired) electrons. The lowest BCUT2D eigenvalue weighted by molar-refractivity contribution is -0.514. The largest absolute Gasteiger partial charge is 0.497 e. The van der Waals surface area contributed by atoms with Crippen molar-refractivity contribution in [2.75, 3.05) is 14.2 Å². The van der Waals surface area contributed by atoms with Crippen LogP contribution < -0.4 is 4.74 Å². The Bertz CT molecular complexity index is 443. The topological polar surface area (TPSA) is 78.7 Å². The standard InChI is InChI=1S/C13H17NO5/c1-4-11(12(14(16)17)13(15)19-3)9-5-7-10(18-2)8-6-9/h5-8,11-12H,4H2,1-3H3. The minimum atomic E-state index is -1.39. The highest BCUT2D eigenvalue weighted by molar-refractivity contribution is 5.75. The van der Waals surface area contributed by atoms with Crippen molar-refractivity contribution in [1.29, 1.82) is 0 Å². The van der Waals surface area contributed by atoms with Crippen LogP contribution in [0.25, 0.3) is 0 Å². The van der Waals surface area contributed by atoms with Crippen LogP contribution in [-0.4, -0.2) is 31.2 Å². The molecule has 0 bridgehead atoms. The SMILES string of the molecule is CCC(c1ccc(OC)cc1)C(C(=O)OC)[N+](=O)[O-]. The first kappa shape index (κ1) is 14.9. The molecule has 0 aliphatic carbocycles. The van der Waals surface area contributed by atoms with Gasteiger partial charge >= 0.3 is 12.0 Å². The maximum atomic E-state index is 11.6. The lowest BCUT2D eigenvalue weighted by atomic mass is 9.89. The Morgan fingerprint density at radius 2 is 1.89 bits per heavy atom. The van der Waals surface area contributed by atoms with E-state index in [9.17, 15) is 14.9 Å². The lowest BCUT2D eigenvalue weighted by Gasteiger charge is -2.18. The van der Waals surface area contributed by atoms with Crippen molar-refractivity contribution in [2.24, 2.45) is 0 Å². The number of esters is 1. The van der Waals surface area contributed by atoms with E-state index in [1.165, 1.54) is 0 Å². The highest BCUT2D eigenvalue weighted by Gasteiger charge is 2.39. The molecule has 104 valence electrons. The van der Waals surface area contributed by atoms with Crippen LogP contribution in [-0.2, 0) is 9.53 Å². The number of ether oxygens (including phenoxy) is 2. The molecule has 2 unspecified atom stereocenters. The molecule has 0 saturated heterocycles. The third-order valence-corrected chi connectivity index (χ3v) is 3.03. The van der Waals surface area contributed by atoms with Crippen molar-refractivity contribution in [2.45, 2.75) is 25.3 Å². The van der Waals surface area contributed by atoms with Crippen LogP contribution in [0.5, 0.6) is 5.75 Å². The van der Waals surface area contributed by atoms with E-state index in [2.05, 4.69) is 4.74 Å². The third kappa shape index (κ3) is 3.43. The molecule has 0 amide bonds. The molecule has 6 heteroatoms. The molecule has 0 fully saturated rings. The Hall–Kier alpha value is -2.11. The highest BCUT2D eigenvalue weighted by Crippen LogP contribution is 2.27. The van der Waals surface area contributed by atoms with Gasteiger partial charge in [0.1, 0.15) is 5.75 Å². The first-order valence-electron chi connectivity index (χ1n) is 5.90. The molecular weight excluding hydrogens is 250 g/mol. The third-order valence-electron chi connectivity index (χ3n) is 3.03. The van der Waals surface area contributed by atoms with Gasteiger partial charge in [-0.3, -0.25) is 10.1 Å². The fourth-order valence-electron chi connectivity index (χ4n) is 2.01. The van der Waals surface area contributed by atoms with E-state index in [0.717, 1.165) is 12.7 Å². The molecule has 1 aromatic rings. The number of nitrogens with zero attached hydrogens (tertiary/aromatic N) is 1. The van der Waals surface area contributed by atoms with Crippen molar-refractivity contribution in [3.05, 3.63) is 39.9 Å². The molecule has 0 heterocycles. The van der Waals surface area contributed by atoms with Crippen LogP contribution in [0.3, 0.4) is 0 Å². The van der Waals surface area contributed by atoms with E-state index in [0.29, 0.717) is 12.2 Å². The molecule has 1 rings (SSSR count). The number of benzene rings is 1. The van der Waals surface area contributed by atoms with Gasteiger partial charge in [0.05, 0.1) is 20.1 Å². The maximum absolute atomic E-state index is 11.6. The molecule has 6 nitrogen and oxygen atoms in total. The van der Waals surface area contributed by atoms with E-state index < -0.39 is 22.9 Å². The Balaban J connectivity index is 3.08. The number of nitro groups is 1. The normalized spacial score (nSPS) is 13.4. The average Bonchev–Trinajstić information content (AvgIpc) is 2.43. The number of hydrogen-bond donors (Lipinski definition) is 0. The second kappa shape index (κ2) is 6.72. The zero-order chi connectivity index (χ0) is 14.4. The van der Waals surface area contributed by atoms with Gasteiger partial charge in [0.15, 0.2) is 0 Å². The number of methoxy groups -OCH3 is 2. The molecule has 0 aliphatic heterocycles. The zero-order valence-corrected chi connectivity index (χ0v) is 11.2. The van der Waals surface area contributed by atoms with Crippen molar-refractivity contribution in [1.82, 2.24) is 0 Å². The molecule has 0 spiro atoms. The van der Waals surface area contributed by atoms with Crippen LogP contribution in [0.1, 0.15) is 24.8 Å². The first-order chi connectivity index (χ1) is 9.04. The number of hydrogen-bond acceptors (Lipinski definition) is 5. The summed E-state index contributed by atoms with van der Waals surface area (Å²) in [6, 6.07) is 5.50. The summed E-state index contributed by atoms with van der Waals surface area (Å²) in [4.78, 5) is 22.0. The Morgan fingerprint density at radius 1 is 1.32 bits per heavy atom. The number of carbonyl (C=O) groups excluding carboxylic acids is 1. The summed E-state index contributed by atoms with van der Waals surface area (Å²) in [5, 5.41) is 11.1. The minimum absolute atomic E-state index is 0.465. The van der Waals surface area contributed by atoms with Crippen molar-refractivity contribution in [3.8, 4) is 5.75 Å². The molecule has 0 N–H and O–H groups in total. The summed E-state index contributed by atoms with van der Waals surface area (Å²) in [5.41, 5.74) is 0.718. The Labute approximate surface area is 111 Å². The van der Waals surface area contributed by atoms with Crippen LogP contribution >= 0.6 is 0 Å². The van der Waals surface area contributed by atoms with Crippen molar-refractivity contribution in [3.63, 3.8) is 0 Å². The zero-order valence-electron chi connectivity index (χ0n) is 11.2. The van der Waals surface area contributed by atoms with Crippen molar-refractivity contribution >= 4 is 5.97 Å². The monoisotopic (exact) mass is 267 g/mol. The highest BCUT2D eigenvalue weighted by atomic mass is 16.6. The molecule has 2 atom stereocenters. The van der Waals surface area contributed by atoms with Crippen LogP contribution in [0.2, 0.25) is 0 Å². The summed E-state index contributed by atoms with van der Waals surface area (Å²) >= 11 is 0. The summed E-state index contributed by atoms with van der Waals surface area (Å²) < 4.78 is 9.55. The van der Waals surface area contributed by atoms with Gasteiger partial charge in [0.25, 0.3) is 0 Å². The van der Waals surface area contributed by atoms with Crippen LogP contribution in [0, 0.1) is 10.1 Å². The summed E-state index contributed by atoms with van der Waals surface area (Å²) in [5.74, 6) is -0.685. The Kier molecular flexibility index (Phi) is 5.29. The first-order valence-corrected chi connectivity index (χ1v) is 5.90.